The normalized spacial score (nSPS) is 11.1. The van der Waals surface area contributed by atoms with Gasteiger partial charge in [0.2, 0.25) is 0 Å². The lowest BCUT2D eigenvalue weighted by molar-refractivity contribution is -0.158. The zero-order valence-corrected chi connectivity index (χ0v) is 20.3. The van der Waals surface area contributed by atoms with Gasteiger partial charge in [-0.3, -0.25) is 4.79 Å². The van der Waals surface area contributed by atoms with E-state index >= 15 is 0 Å². The summed E-state index contributed by atoms with van der Waals surface area (Å²) in [6.07, 6.45) is -1.72. The number of hydrogen-bond donors (Lipinski definition) is 2. The number of carbonyl (C=O) groups is 1. The van der Waals surface area contributed by atoms with Gasteiger partial charge in [0.25, 0.3) is 5.91 Å². The van der Waals surface area contributed by atoms with Gasteiger partial charge in [-0.2, -0.15) is 8.78 Å². The average Bonchev–Trinajstić information content (AvgIpc) is 3.40. The monoisotopic (exact) mass is 511 g/mol. The third-order valence-electron chi connectivity index (χ3n) is 5.52. The highest BCUT2D eigenvalue weighted by molar-refractivity contribution is 6.08. The molecule has 0 spiro atoms. The Morgan fingerprint density at radius 1 is 0.842 bits per heavy atom. The van der Waals surface area contributed by atoms with Crippen LogP contribution in [0.15, 0.2) is 109 Å². The Morgan fingerprint density at radius 3 is 2.24 bits per heavy atom. The van der Waals surface area contributed by atoms with Gasteiger partial charge in [0.05, 0.1) is 16.9 Å². The van der Waals surface area contributed by atoms with Crippen LogP contribution in [0.3, 0.4) is 0 Å². The number of para-hydroxylation sites is 2. The fraction of sp³-hybridized carbons (Fsp3) is 0.0690. The minimum Gasteiger partial charge on any atom is -0.433 e. The molecular weight excluding hydrogens is 488 g/mol. The summed E-state index contributed by atoms with van der Waals surface area (Å²) in [7, 11) is 0. The van der Waals surface area contributed by atoms with Crippen molar-refractivity contribution < 1.29 is 18.3 Å². The fourth-order valence-electron chi connectivity index (χ4n) is 3.76. The van der Waals surface area contributed by atoms with Crippen molar-refractivity contribution in [1.82, 2.24) is 14.8 Å². The molecule has 1 aromatic heterocycles. The van der Waals surface area contributed by atoms with Crippen molar-refractivity contribution in [2.24, 2.45) is 0 Å². The van der Waals surface area contributed by atoms with Gasteiger partial charge in [-0.1, -0.05) is 30.3 Å². The van der Waals surface area contributed by atoms with Crippen LogP contribution in [-0.4, -0.2) is 26.8 Å². The molecule has 190 valence electrons. The van der Waals surface area contributed by atoms with Crippen LogP contribution >= 0.6 is 0 Å². The standard InChI is InChI=1S/C29H23F2N5O2/c1-29(30,31)38-24-17-15-23(16-18-24)36-19-32-27(35-36)20-11-13-22(14-12-20)34-28(37)25-9-5-6-10-26(25)33-21-7-3-2-4-8-21/h2-19,33H,1H3,(H,34,37). The van der Waals surface area contributed by atoms with E-state index in [1.165, 1.54) is 23.1 Å². The lowest BCUT2D eigenvalue weighted by Crippen LogP contribution is -2.19. The Kier molecular flexibility index (Phi) is 6.82. The van der Waals surface area contributed by atoms with Crippen LogP contribution in [0.25, 0.3) is 17.1 Å². The Balaban J connectivity index is 1.26. The molecule has 38 heavy (non-hydrogen) atoms. The number of rotatable bonds is 8. The van der Waals surface area contributed by atoms with Crippen LogP contribution in [-0.2, 0) is 0 Å². The minimum absolute atomic E-state index is 0.0534. The highest BCUT2D eigenvalue weighted by atomic mass is 19.3. The molecule has 1 amide bonds. The molecule has 0 saturated carbocycles. The maximum absolute atomic E-state index is 13.0. The zero-order valence-electron chi connectivity index (χ0n) is 20.3. The molecule has 0 bridgehead atoms. The molecule has 0 unspecified atom stereocenters. The predicted octanol–water partition coefficient (Wildman–Crippen LogP) is 6.92. The van der Waals surface area contributed by atoms with E-state index in [4.69, 9.17) is 0 Å². The van der Waals surface area contributed by atoms with Crippen molar-refractivity contribution >= 4 is 23.0 Å². The Morgan fingerprint density at radius 2 is 1.53 bits per heavy atom. The number of carbonyl (C=O) groups excluding carboxylic acids is 1. The largest absolute Gasteiger partial charge is 0.433 e. The molecule has 0 aliphatic heterocycles. The van der Waals surface area contributed by atoms with E-state index in [0.717, 1.165) is 11.3 Å². The van der Waals surface area contributed by atoms with Crippen LogP contribution in [0.1, 0.15) is 17.3 Å². The highest BCUT2D eigenvalue weighted by Crippen LogP contribution is 2.25. The predicted molar refractivity (Wildman–Crippen MR) is 142 cm³/mol. The molecule has 4 aromatic carbocycles. The molecule has 0 atom stereocenters. The van der Waals surface area contributed by atoms with Gasteiger partial charge in [-0.15, -0.1) is 5.10 Å². The molecule has 0 aliphatic rings. The van der Waals surface area contributed by atoms with Gasteiger partial charge in [-0.05, 0) is 72.8 Å². The number of benzene rings is 4. The number of anilines is 3. The average molecular weight is 512 g/mol. The van der Waals surface area contributed by atoms with Crippen LogP contribution in [0.2, 0.25) is 0 Å². The Bertz CT molecular complexity index is 1530. The number of ether oxygens (including phenoxy) is 1. The second kappa shape index (κ2) is 10.5. The van der Waals surface area contributed by atoms with Gasteiger partial charge in [-0.25, -0.2) is 9.67 Å². The van der Waals surface area contributed by atoms with Crippen molar-refractivity contribution in [3.05, 3.63) is 115 Å². The summed E-state index contributed by atoms with van der Waals surface area (Å²) in [6, 6.07) is 30.2. The van der Waals surface area contributed by atoms with Crippen LogP contribution < -0.4 is 15.4 Å². The maximum Gasteiger partial charge on any atom is 0.394 e. The topological polar surface area (TPSA) is 81.1 Å². The molecule has 5 aromatic rings. The van der Waals surface area contributed by atoms with E-state index in [1.54, 1.807) is 30.3 Å². The quantitative estimate of drug-likeness (QED) is 0.236. The lowest BCUT2D eigenvalue weighted by Gasteiger charge is -2.13. The van der Waals surface area contributed by atoms with E-state index in [2.05, 4.69) is 25.5 Å². The lowest BCUT2D eigenvalue weighted by atomic mass is 10.1. The summed E-state index contributed by atoms with van der Waals surface area (Å²) >= 11 is 0. The molecule has 5 rings (SSSR count). The Labute approximate surface area is 217 Å². The molecule has 0 saturated heterocycles. The van der Waals surface area contributed by atoms with Crippen molar-refractivity contribution in [3.8, 4) is 22.8 Å². The summed E-state index contributed by atoms with van der Waals surface area (Å²) in [6.45, 7) is 0.684. The molecule has 0 fully saturated rings. The molecular formula is C29H23F2N5O2. The first-order valence-corrected chi connectivity index (χ1v) is 11.8. The van der Waals surface area contributed by atoms with Crippen LogP contribution in [0.4, 0.5) is 25.8 Å². The van der Waals surface area contributed by atoms with E-state index in [0.29, 0.717) is 35.4 Å². The van der Waals surface area contributed by atoms with Gasteiger partial charge >= 0.3 is 6.11 Å². The SMILES string of the molecule is CC(F)(F)Oc1ccc(-n2cnc(-c3ccc(NC(=O)c4ccccc4Nc4ccccc4)cc3)n2)cc1. The summed E-state index contributed by atoms with van der Waals surface area (Å²) in [5.41, 5.74) is 4.11. The summed E-state index contributed by atoms with van der Waals surface area (Å²) in [5.74, 6) is 0.283. The molecule has 0 aliphatic carbocycles. The fourth-order valence-corrected chi connectivity index (χ4v) is 3.76. The molecule has 0 radical (unpaired) electrons. The maximum atomic E-state index is 13.0. The molecule has 2 N–H and O–H groups in total. The third kappa shape index (κ3) is 6.01. The number of nitrogens with one attached hydrogen (secondary N) is 2. The molecule has 7 nitrogen and oxygen atoms in total. The number of aromatic nitrogens is 3. The van der Waals surface area contributed by atoms with E-state index in [1.807, 2.05) is 60.7 Å². The van der Waals surface area contributed by atoms with Gasteiger partial charge in [0, 0.05) is 23.9 Å². The van der Waals surface area contributed by atoms with Gasteiger partial charge in [0.15, 0.2) is 5.82 Å². The van der Waals surface area contributed by atoms with Gasteiger partial charge in [0.1, 0.15) is 12.1 Å². The second-order valence-corrected chi connectivity index (χ2v) is 8.48. The highest BCUT2D eigenvalue weighted by Gasteiger charge is 2.23. The van der Waals surface area contributed by atoms with E-state index < -0.39 is 6.11 Å². The number of halogens is 2. The Hall–Kier alpha value is -5.05. The summed E-state index contributed by atoms with van der Waals surface area (Å²) < 4.78 is 32.2. The number of nitrogens with zero attached hydrogens (tertiary/aromatic N) is 3. The molecule has 9 heteroatoms. The van der Waals surface area contributed by atoms with Crippen molar-refractivity contribution in [3.63, 3.8) is 0 Å². The smallest absolute Gasteiger partial charge is 0.394 e. The first-order valence-electron chi connectivity index (χ1n) is 11.8. The van der Waals surface area contributed by atoms with Crippen molar-refractivity contribution in [2.45, 2.75) is 13.0 Å². The summed E-state index contributed by atoms with van der Waals surface area (Å²) in [4.78, 5) is 17.4. The van der Waals surface area contributed by atoms with E-state index in [-0.39, 0.29) is 11.7 Å². The zero-order chi connectivity index (χ0) is 26.5. The van der Waals surface area contributed by atoms with Crippen molar-refractivity contribution in [1.29, 1.82) is 0 Å². The summed E-state index contributed by atoms with van der Waals surface area (Å²) in [5, 5.41) is 10.7. The third-order valence-corrected chi connectivity index (χ3v) is 5.52. The minimum atomic E-state index is -3.25. The van der Waals surface area contributed by atoms with Crippen molar-refractivity contribution in [2.75, 3.05) is 10.6 Å². The molecule has 1 heterocycles. The second-order valence-electron chi connectivity index (χ2n) is 8.48. The van der Waals surface area contributed by atoms with Crippen LogP contribution in [0.5, 0.6) is 5.75 Å². The van der Waals surface area contributed by atoms with E-state index in [9.17, 15) is 13.6 Å². The number of alkyl halides is 2. The van der Waals surface area contributed by atoms with Gasteiger partial charge < -0.3 is 15.4 Å². The first kappa shape index (κ1) is 24.6. The number of amides is 1. The van der Waals surface area contributed by atoms with Crippen LogP contribution in [0, 0.1) is 0 Å². The number of hydrogen-bond acceptors (Lipinski definition) is 5. The first-order chi connectivity index (χ1) is 18.3.